The molecule has 0 aromatic heterocycles. The first-order valence-electron chi connectivity index (χ1n) is 13.5. The van der Waals surface area contributed by atoms with E-state index in [1.165, 1.54) is 32.1 Å². The second-order valence-corrected chi connectivity index (χ2v) is 8.88. The maximum absolute atomic E-state index is 12.2. The van der Waals surface area contributed by atoms with Gasteiger partial charge in [-0.15, -0.1) is 0 Å². The number of unbranched alkanes of at least 4 members (excludes halogenated alkanes) is 10. The lowest BCUT2D eigenvalue weighted by atomic mass is 10.1. The molecule has 0 amide bonds. The molecule has 0 spiro atoms. The molecular formula is C29H50O4. The molecule has 0 aliphatic carbocycles. The third-order valence-electron chi connectivity index (χ3n) is 5.60. The monoisotopic (exact) mass is 462 g/mol. The zero-order chi connectivity index (χ0) is 24.4. The van der Waals surface area contributed by atoms with Crippen LogP contribution in [0.25, 0.3) is 0 Å². The zero-order valence-corrected chi connectivity index (χ0v) is 21.4. The summed E-state index contributed by atoms with van der Waals surface area (Å²) in [5, 5.41) is 8.70. The fourth-order valence-corrected chi connectivity index (χ4v) is 3.58. The highest BCUT2D eigenvalue weighted by Crippen LogP contribution is 2.14. The number of hydrogen-bond acceptors (Lipinski definition) is 3. The fourth-order valence-electron chi connectivity index (χ4n) is 3.58. The summed E-state index contributed by atoms with van der Waals surface area (Å²) in [4.78, 5) is 22.8. The van der Waals surface area contributed by atoms with E-state index >= 15 is 0 Å². The maximum atomic E-state index is 12.2. The lowest BCUT2D eigenvalue weighted by Crippen LogP contribution is -2.16. The summed E-state index contributed by atoms with van der Waals surface area (Å²) in [5.74, 6) is -0.811. The van der Waals surface area contributed by atoms with Crippen molar-refractivity contribution in [3.63, 3.8) is 0 Å². The second kappa shape index (κ2) is 24.8. The third kappa shape index (κ3) is 24.6. The molecule has 1 unspecified atom stereocenters. The van der Waals surface area contributed by atoms with Gasteiger partial charge in [-0.25, -0.2) is 0 Å². The van der Waals surface area contributed by atoms with Crippen LogP contribution in [0.4, 0.5) is 0 Å². The molecule has 33 heavy (non-hydrogen) atoms. The van der Waals surface area contributed by atoms with E-state index in [0.29, 0.717) is 6.42 Å². The molecule has 0 fully saturated rings. The first-order chi connectivity index (χ1) is 16.1. The Labute approximate surface area is 203 Å². The molecule has 0 aliphatic heterocycles. The molecule has 0 aromatic carbocycles. The molecule has 0 saturated carbocycles. The molecule has 0 heterocycles. The molecule has 0 radical (unpaired) electrons. The van der Waals surface area contributed by atoms with Crippen LogP contribution in [-0.2, 0) is 14.3 Å². The van der Waals surface area contributed by atoms with Crippen molar-refractivity contribution in [2.75, 3.05) is 0 Å². The molecule has 0 aliphatic rings. The number of aliphatic carboxylic acids is 1. The molecule has 4 heteroatoms. The standard InChI is InChI=1S/C29H50O4/c1-3-5-7-9-10-11-12-13-14-16-19-23-27(33-29(32)26-22-8-6-4-2)24-20-17-15-18-21-25-28(30)31/h10-11,13-14,19,23,27H,3-9,12,15-18,20-22,24-26H2,1-2H3,(H,30,31)/b11-10-,14-13-,23-19-. The van der Waals surface area contributed by atoms with Crippen LogP contribution >= 0.6 is 0 Å². The molecule has 0 aromatic rings. The van der Waals surface area contributed by atoms with E-state index in [2.05, 4.69) is 44.2 Å². The number of carbonyl (C=O) groups excluding carboxylic acids is 1. The number of allylic oxidation sites excluding steroid dienone is 5. The Bertz CT molecular complexity index is 548. The van der Waals surface area contributed by atoms with Crippen LogP contribution in [0, 0.1) is 0 Å². The Balaban J connectivity index is 4.28. The van der Waals surface area contributed by atoms with E-state index < -0.39 is 5.97 Å². The Morgan fingerprint density at radius 2 is 1.27 bits per heavy atom. The van der Waals surface area contributed by atoms with Gasteiger partial charge in [-0.2, -0.15) is 0 Å². The SMILES string of the molecule is CCCCC/C=C\C/C=C\C/C=C\C(CCCCCCCC(=O)O)OC(=O)CCCCCC. The van der Waals surface area contributed by atoms with Crippen LogP contribution in [0.1, 0.15) is 129 Å². The number of ether oxygens (including phenoxy) is 1. The Kier molecular flexibility index (Phi) is 23.4. The number of esters is 1. The van der Waals surface area contributed by atoms with E-state index in [1.54, 1.807) is 0 Å². The molecule has 190 valence electrons. The summed E-state index contributed by atoms with van der Waals surface area (Å²) in [6.07, 6.45) is 30.3. The highest BCUT2D eigenvalue weighted by Gasteiger charge is 2.11. The molecule has 4 nitrogen and oxygen atoms in total. The number of carbonyl (C=O) groups is 2. The molecular weight excluding hydrogens is 412 g/mol. The van der Waals surface area contributed by atoms with Crippen molar-refractivity contribution in [3.8, 4) is 0 Å². The second-order valence-electron chi connectivity index (χ2n) is 8.88. The maximum Gasteiger partial charge on any atom is 0.306 e. The van der Waals surface area contributed by atoms with Crippen molar-refractivity contribution >= 4 is 11.9 Å². The predicted molar refractivity (Wildman–Crippen MR) is 139 cm³/mol. The molecule has 1 N–H and O–H groups in total. The minimum Gasteiger partial charge on any atom is -0.481 e. The zero-order valence-electron chi connectivity index (χ0n) is 21.4. The number of carboxylic acid groups (broad SMARTS) is 1. The Hall–Kier alpha value is -1.84. The molecule has 0 saturated heterocycles. The van der Waals surface area contributed by atoms with Gasteiger partial charge in [0.2, 0.25) is 0 Å². The van der Waals surface area contributed by atoms with Crippen molar-refractivity contribution < 1.29 is 19.4 Å². The van der Waals surface area contributed by atoms with Gasteiger partial charge in [-0.3, -0.25) is 9.59 Å². The van der Waals surface area contributed by atoms with Crippen molar-refractivity contribution in [2.24, 2.45) is 0 Å². The average Bonchev–Trinajstić information content (AvgIpc) is 2.79. The van der Waals surface area contributed by atoms with Crippen molar-refractivity contribution in [2.45, 2.75) is 136 Å². The lowest BCUT2D eigenvalue weighted by Gasteiger charge is -2.14. The number of hydrogen-bond donors (Lipinski definition) is 1. The summed E-state index contributed by atoms with van der Waals surface area (Å²) in [6, 6.07) is 0. The Morgan fingerprint density at radius 1 is 0.697 bits per heavy atom. The predicted octanol–water partition coefficient (Wildman–Crippen LogP) is 8.71. The van der Waals surface area contributed by atoms with E-state index in [4.69, 9.17) is 9.84 Å². The summed E-state index contributed by atoms with van der Waals surface area (Å²) in [7, 11) is 0. The summed E-state index contributed by atoms with van der Waals surface area (Å²) in [5.41, 5.74) is 0. The van der Waals surface area contributed by atoms with Crippen LogP contribution in [0.5, 0.6) is 0 Å². The van der Waals surface area contributed by atoms with Crippen molar-refractivity contribution in [1.82, 2.24) is 0 Å². The normalized spacial score (nSPS) is 12.8. The highest BCUT2D eigenvalue weighted by atomic mass is 16.5. The van der Waals surface area contributed by atoms with E-state index in [0.717, 1.165) is 70.6 Å². The summed E-state index contributed by atoms with van der Waals surface area (Å²) >= 11 is 0. The highest BCUT2D eigenvalue weighted by molar-refractivity contribution is 5.69. The molecule has 0 bridgehead atoms. The van der Waals surface area contributed by atoms with Gasteiger partial charge in [0, 0.05) is 12.8 Å². The number of carboxylic acids is 1. The molecule has 0 rings (SSSR count). The summed E-state index contributed by atoms with van der Waals surface area (Å²) < 4.78 is 5.74. The van der Waals surface area contributed by atoms with Gasteiger partial charge in [0.05, 0.1) is 0 Å². The quantitative estimate of drug-likeness (QED) is 0.0936. The van der Waals surface area contributed by atoms with E-state index in [1.807, 2.05) is 6.08 Å². The van der Waals surface area contributed by atoms with Crippen LogP contribution in [0.15, 0.2) is 36.5 Å². The minimum absolute atomic E-state index is 0.0917. The van der Waals surface area contributed by atoms with Gasteiger partial charge in [0.1, 0.15) is 6.10 Å². The van der Waals surface area contributed by atoms with Gasteiger partial charge >= 0.3 is 11.9 Å². The van der Waals surface area contributed by atoms with Crippen LogP contribution in [-0.4, -0.2) is 23.1 Å². The minimum atomic E-state index is -0.719. The largest absolute Gasteiger partial charge is 0.481 e. The van der Waals surface area contributed by atoms with Gasteiger partial charge < -0.3 is 9.84 Å². The summed E-state index contributed by atoms with van der Waals surface area (Å²) in [6.45, 7) is 4.39. The van der Waals surface area contributed by atoms with E-state index in [-0.39, 0.29) is 18.5 Å². The van der Waals surface area contributed by atoms with Gasteiger partial charge in [0.25, 0.3) is 0 Å². The van der Waals surface area contributed by atoms with Crippen LogP contribution in [0.3, 0.4) is 0 Å². The average molecular weight is 463 g/mol. The lowest BCUT2D eigenvalue weighted by molar-refractivity contribution is -0.147. The van der Waals surface area contributed by atoms with Gasteiger partial charge in [-0.1, -0.05) is 95.6 Å². The van der Waals surface area contributed by atoms with Crippen molar-refractivity contribution in [3.05, 3.63) is 36.5 Å². The van der Waals surface area contributed by atoms with Crippen molar-refractivity contribution in [1.29, 1.82) is 0 Å². The fraction of sp³-hybridized carbons (Fsp3) is 0.724. The third-order valence-corrected chi connectivity index (χ3v) is 5.60. The molecule has 1 atom stereocenters. The first kappa shape index (κ1) is 31.2. The Morgan fingerprint density at radius 3 is 2.00 bits per heavy atom. The van der Waals surface area contributed by atoms with Gasteiger partial charge in [-0.05, 0) is 57.4 Å². The first-order valence-corrected chi connectivity index (χ1v) is 13.5. The van der Waals surface area contributed by atoms with Crippen LogP contribution < -0.4 is 0 Å². The van der Waals surface area contributed by atoms with E-state index in [9.17, 15) is 9.59 Å². The smallest absolute Gasteiger partial charge is 0.306 e. The van der Waals surface area contributed by atoms with Crippen LogP contribution in [0.2, 0.25) is 0 Å². The topological polar surface area (TPSA) is 63.6 Å². The van der Waals surface area contributed by atoms with Gasteiger partial charge in [0.15, 0.2) is 0 Å². The number of rotatable bonds is 23.